The van der Waals surface area contributed by atoms with Crippen molar-refractivity contribution in [2.75, 3.05) is 19.0 Å². The predicted molar refractivity (Wildman–Crippen MR) is 115 cm³/mol. The largest absolute Gasteiger partial charge is 0.463 e. The SMILES string of the molecule is CCOC(=O)C1=C(C)N(C)C(=S)N[C@@H]1c1cccc(NC(=O)CC(C)(C)C)c1. The van der Waals surface area contributed by atoms with E-state index in [1.807, 2.05) is 59.0 Å². The number of ether oxygens (including phenoxy) is 1. The van der Waals surface area contributed by atoms with Crippen LogP contribution in [0.2, 0.25) is 0 Å². The molecule has 7 heteroatoms. The van der Waals surface area contributed by atoms with E-state index in [1.54, 1.807) is 11.8 Å². The molecule has 152 valence electrons. The summed E-state index contributed by atoms with van der Waals surface area (Å²) in [5, 5.41) is 6.67. The van der Waals surface area contributed by atoms with Crippen molar-refractivity contribution in [2.24, 2.45) is 5.41 Å². The second-order valence-electron chi connectivity index (χ2n) is 8.07. The molecule has 0 aliphatic carbocycles. The van der Waals surface area contributed by atoms with Crippen LogP contribution in [-0.2, 0) is 14.3 Å². The van der Waals surface area contributed by atoms with Gasteiger partial charge in [-0.25, -0.2) is 4.79 Å². The van der Waals surface area contributed by atoms with Gasteiger partial charge in [0, 0.05) is 24.9 Å². The van der Waals surface area contributed by atoms with E-state index < -0.39 is 6.04 Å². The van der Waals surface area contributed by atoms with Gasteiger partial charge in [-0.15, -0.1) is 0 Å². The van der Waals surface area contributed by atoms with Crippen molar-refractivity contribution in [3.8, 4) is 0 Å². The maximum absolute atomic E-state index is 12.6. The summed E-state index contributed by atoms with van der Waals surface area (Å²) >= 11 is 5.41. The number of esters is 1. The molecule has 1 aromatic rings. The molecule has 2 N–H and O–H groups in total. The number of hydrogen-bond acceptors (Lipinski definition) is 4. The van der Waals surface area contributed by atoms with Crippen LogP contribution < -0.4 is 10.6 Å². The molecule has 1 amide bonds. The van der Waals surface area contributed by atoms with E-state index in [1.165, 1.54) is 0 Å². The van der Waals surface area contributed by atoms with Gasteiger partial charge in [0.05, 0.1) is 18.2 Å². The number of thiocarbonyl (C=S) groups is 1. The van der Waals surface area contributed by atoms with Crippen LogP contribution in [0.15, 0.2) is 35.5 Å². The highest BCUT2D eigenvalue weighted by atomic mass is 32.1. The molecule has 1 aromatic carbocycles. The molecular formula is C21H29N3O3S. The van der Waals surface area contributed by atoms with E-state index in [4.69, 9.17) is 17.0 Å². The Morgan fingerprint density at radius 3 is 2.61 bits per heavy atom. The van der Waals surface area contributed by atoms with Crippen LogP contribution in [0, 0.1) is 5.41 Å². The monoisotopic (exact) mass is 403 g/mol. The number of nitrogens with one attached hydrogen (secondary N) is 2. The summed E-state index contributed by atoms with van der Waals surface area (Å²) in [6.45, 7) is 9.97. The molecule has 0 bridgehead atoms. The zero-order valence-electron chi connectivity index (χ0n) is 17.4. The maximum atomic E-state index is 12.6. The fraction of sp³-hybridized carbons (Fsp3) is 0.476. The zero-order chi connectivity index (χ0) is 21.1. The lowest BCUT2D eigenvalue weighted by atomic mass is 9.92. The lowest BCUT2D eigenvalue weighted by Crippen LogP contribution is -2.46. The van der Waals surface area contributed by atoms with Gasteiger partial charge in [-0.05, 0) is 49.2 Å². The predicted octanol–water partition coefficient (Wildman–Crippen LogP) is 3.76. The minimum Gasteiger partial charge on any atom is -0.463 e. The van der Waals surface area contributed by atoms with Gasteiger partial charge < -0.3 is 20.3 Å². The molecule has 0 radical (unpaired) electrons. The number of nitrogens with zero attached hydrogens (tertiary/aromatic N) is 1. The van der Waals surface area contributed by atoms with Crippen LogP contribution in [0.3, 0.4) is 0 Å². The first-order valence-electron chi connectivity index (χ1n) is 9.35. The Morgan fingerprint density at radius 2 is 2.00 bits per heavy atom. The number of allylic oxidation sites excluding steroid dienone is 1. The van der Waals surface area contributed by atoms with Crippen LogP contribution in [0.1, 0.15) is 52.6 Å². The Hall–Kier alpha value is -2.41. The van der Waals surface area contributed by atoms with E-state index in [9.17, 15) is 9.59 Å². The Labute approximate surface area is 172 Å². The maximum Gasteiger partial charge on any atom is 0.338 e. The van der Waals surface area contributed by atoms with Gasteiger partial charge in [0.1, 0.15) is 0 Å². The Bertz CT molecular complexity index is 811. The van der Waals surface area contributed by atoms with E-state index in [2.05, 4.69) is 10.6 Å². The van der Waals surface area contributed by atoms with E-state index >= 15 is 0 Å². The molecule has 1 aliphatic rings. The molecular weight excluding hydrogens is 374 g/mol. The number of carbonyl (C=O) groups excluding carboxylic acids is 2. The highest BCUT2D eigenvalue weighted by molar-refractivity contribution is 7.80. The fourth-order valence-electron chi connectivity index (χ4n) is 3.04. The van der Waals surface area contributed by atoms with Crippen molar-refractivity contribution in [3.63, 3.8) is 0 Å². The van der Waals surface area contributed by atoms with Gasteiger partial charge in [-0.1, -0.05) is 32.9 Å². The third-order valence-electron chi connectivity index (χ3n) is 4.44. The molecule has 0 aromatic heterocycles. The van der Waals surface area contributed by atoms with Gasteiger partial charge in [0.15, 0.2) is 5.11 Å². The summed E-state index contributed by atoms with van der Waals surface area (Å²) in [6, 6.07) is 7.00. The van der Waals surface area contributed by atoms with Gasteiger partial charge in [0.25, 0.3) is 0 Å². The normalized spacial score (nSPS) is 17.3. The molecule has 28 heavy (non-hydrogen) atoms. The quantitative estimate of drug-likeness (QED) is 0.576. The Balaban J connectivity index is 2.35. The number of carbonyl (C=O) groups is 2. The van der Waals surface area contributed by atoms with Gasteiger partial charge >= 0.3 is 5.97 Å². The van der Waals surface area contributed by atoms with Gasteiger partial charge in [-0.2, -0.15) is 0 Å². The lowest BCUT2D eigenvalue weighted by Gasteiger charge is -2.35. The summed E-state index contributed by atoms with van der Waals surface area (Å²) in [5.41, 5.74) is 2.66. The summed E-state index contributed by atoms with van der Waals surface area (Å²) in [5.74, 6) is -0.428. The summed E-state index contributed by atoms with van der Waals surface area (Å²) < 4.78 is 5.26. The van der Waals surface area contributed by atoms with Crippen LogP contribution >= 0.6 is 12.2 Å². The van der Waals surface area contributed by atoms with Crippen molar-refractivity contribution in [2.45, 2.75) is 47.1 Å². The van der Waals surface area contributed by atoms with Crippen LogP contribution in [0.5, 0.6) is 0 Å². The third kappa shape index (κ3) is 5.32. The number of benzene rings is 1. The topological polar surface area (TPSA) is 70.7 Å². The zero-order valence-corrected chi connectivity index (χ0v) is 18.2. The standard InChI is InChI=1S/C21H29N3O3S/c1-7-27-19(26)17-13(2)24(6)20(28)23-18(17)14-9-8-10-15(11-14)22-16(25)12-21(3,4)5/h8-11,18H,7,12H2,1-6H3,(H,22,25)(H,23,28)/t18-/m1/s1. The molecule has 0 fully saturated rings. The van der Waals surface area contributed by atoms with Gasteiger partial charge in [-0.3, -0.25) is 4.79 Å². The van der Waals surface area contributed by atoms with Crippen LogP contribution in [0.4, 0.5) is 5.69 Å². The first-order chi connectivity index (χ1) is 13.0. The number of rotatable bonds is 5. The highest BCUT2D eigenvalue weighted by Gasteiger charge is 2.33. The average Bonchev–Trinajstić information content (AvgIpc) is 2.58. The average molecular weight is 404 g/mol. The lowest BCUT2D eigenvalue weighted by molar-refractivity contribution is -0.139. The molecule has 1 heterocycles. The minimum absolute atomic E-state index is 0.0474. The van der Waals surface area contributed by atoms with E-state index in [0.717, 1.165) is 11.3 Å². The first-order valence-corrected chi connectivity index (χ1v) is 9.76. The number of hydrogen-bond donors (Lipinski definition) is 2. The Kier molecular flexibility index (Phi) is 6.82. The first kappa shape index (κ1) is 21.9. The molecule has 0 saturated heterocycles. The second-order valence-corrected chi connectivity index (χ2v) is 8.46. The summed E-state index contributed by atoms with van der Waals surface area (Å²) in [6.07, 6.45) is 0.418. The second kappa shape index (κ2) is 8.73. The fourth-order valence-corrected chi connectivity index (χ4v) is 3.30. The molecule has 0 saturated carbocycles. The van der Waals surface area contributed by atoms with Crippen molar-refractivity contribution in [1.82, 2.24) is 10.2 Å². The van der Waals surface area contributed by atoms with Crippen molar-refractivity contribution < 1.29 is 14.3 Å². The van der Waals surface area contributed by atoms with E-state index in [-0.39, 0.29) is 17.3 Å². The molecule has 0 unspecified atom stereocenters. The number of anilines is 1. The third-order valence-corrected chi connectivity index (χ3v) is 4.84. The molecule has 0 spiro atoms. The number of amides is 1. The highest BCUT2D eigenvalue weighted by Crippen LogP contribution is 2.32. The smallest absolute Gasteiger partial charge is 0.338 e. The minimum atomic E-state index is -0.442. The van der Waals surface area contributed by atoms with Crippen LogP contribution in [0.25, 0.3) is 0 Å². The Morgan fingerprint density at radius 1 is 1.32 bits per heavy atom. The van der Waals surface area contributed by atoms with E-state index in [0.29, 0.717) is 29.4 Å². The molecule has 6 nitrogen and oxygen atoms in total. The van der Waals surface area contributed by atoms with Gasteiger partial charge in [0.2, 0.25) is 5.91 Å². The molecule has 1 aliphatic heterocycles. The molecule has 1 atom stereocenters. The van der Waals surface area contributed by atoms with Crippen molar-refractivity contribution >= 4 is 34.9 Å². The van der Waals surface area contributed by atoms with Crippen molar-refractivity contribution in [1.29, 1.82) is 0 Å². The van der Waals surface area contributed by atoms with Crippen LogP contribution in [-0.4, -0.2) is 35.5 Å². The van der Waals surface area contributed by atoms with Crippen molar-refractivity contribution in [3.05, 3.63) is 41.1 Å². The summed E-state index contributed by atoms with van der Waals surface area (Å²) in [4.78, 5) is 26.6. The summed E-state index contributed by atoms with van der Waals surface area (Å²) in [7, 11) is 1.81. The molecule has 2 rings (SSSR count).